The van der Waals surface area contributed by atoms with Gasteiger partial charge in [0.15, 0.2) is 0 Å². The quantitative estimate of drug-likeness (QED) is 0.428. The van der Waals surface area contributed by atoms with Crippen LogP contribution < -0.4 is 10.1 Å². The lowest BCUT2D eigenvalue weighted by molar-refractivity contribution is 0.0605. The van der Waals surface area contributed by atoms with Gasteiger partial charge in [-0.25, -0.2) is 9.59 Å². The molecule has 1 atom stereocenters. The third-order valence-corrected chi connectivity index (χ3v) is 5.31. The fraction of sp³-hybridized carbons (Fsp3) is 0.333. The van der Waals surface area contributed by atoms with Crippen LogP contribution in [0.5, 0.6) is 5.75 Å². The van der Waals surface area contributed by atoms with Gasteiger partial charge in [0, 0.05) is 5.56 Å². The Morgan fingerprint density at radius 2 is 1.57 bits per heavy atom. The zero-order valence-corrected chi connectivity index (χ0v) is 20.6. The van der Waals surface area contributed by atoms with Crippen LogP contribution in [0.4, 0.5) is 9.59 Å². The van der Waals surface area contributed by atoms with Gasteiger partial charge < -0.3 is 29.4 Å². The number of benzene rings is 2. The molecule has 0 spiro atoms. The van der Waals surface area contributed by atoms with Crippen LogP contribution in [0.1, 0.15) is 50.3 Å². The standard InChI is InChI=1S/C27H31NO7/c1-16(2)14-33-27(31)35-25-19(5)28-18(4)24(34-26(29)30)23(25)21-8-6-7-9-22(21)32-15-20-12-10-17(3)11-13-20/h6-13,16,23,28H,14-15H2,1-5H3,(H,29,30). The van der Waals surface area contributed by atoms with Crippen LogP contribution in [-0.4, -0.2) is 24.0 Å². The molecular weight excluding hydrogens is 450 g/mol. The average molecular weight is 482 g/mol. The summed E-state index contributed by atoms with van der Waals surface area (Å²) in [6, 6.07) is 15.2. The molecule has 1 aliphatic rings. The van der Waals surface area contributed by atoms with Crippen LogP contribution in [0.2, 0.25) is 0 Å². The normalized spacial score (nSPS) is 15.5. The summed E-state index contributed by atoms with van der Waals surface area (Å²) in [5, 5.41) is 12.4. The predicted molar refractivity (Wildman–Crippen MR) is 130 cm³/mol. The van der Waals surface area contributed by atoms with Crippen LogP contribution in [-0.2, 0) is 20.8 Å². The molecule has 0 fully saturated rings. The van der Waals surface area contributed by atoms with Crippen molar-refractivity contribution in [2.75, 3.05) is 6.61 Å². The topological polar surface area (TPSA) is 103 Å². The molecule has 0 saturated heterocycles. The van der Waals surface area contributed by atoms with Crippen molar-refractivity contribution < 1.29 is 33.6 Å². The third kappa shape index (κ3) is 6.79. The summed E-state index contributed by atoms with van der Waals surface area (Å²) in [6.45, 7) is 9.75. The molecule has 186 valence electrons. The number of nitrogens with one attached hydrogen (secondary N) is 1. The van der Waals surface area contributed by atoms with Crippen LogP contribution in [0.3, 0.4) is 0 Å². The number of allylic oxidation sites excluding steroid dienone is 2. The van der Waals surface area contributed by atoms with E-state index in [1.54, 1.807) is 32.0 Å². The number of carbonyl (C=O) groups excluding carboxylic acids is 1. The number of para-hydroxylation sites is 1. The van der Waals surface area contributed by atoms with Gasteiger partial charge in [0.2, 0.25) is 0 Å². The Morgan fingerprint density at radius 3 is 2.20 bits per heavy atom. The first-order valence-corrected chi connectivity index (χ1v) is 11.4. The zero-order valence-electron chi connectivity index (χ0n) is 20.6. The molecule has 1 unspecified atom stereocenters. The van der Waals surface area contributed by atoms with Crippen molar-refractivity contribution in [3.63, 3.8) is 0 Å². The summed E-state index contributed by atoms with van der Waals surface area (Å²) in [7, 11) is 0. The van der Waals surface area contributed by atoms with E-state index in [0.29, 0.717) is 29.3 Å². The maximum atomic E-state index is 12.5. The summed E-state index contributed by atoms with van der Waals surface area (Å²) in [5.41, 5.74) is 3.71. The third-order valence-electron chi connectivity index (χ3n) is 5.31. The van der Waals surface area contributed by atoms with Gasteiger partial charge in [-0.05, 0) is 38.3 Å². The van der Waals surface area contributed by atoms with Crippen LogP contribution in [0.15, 0.2) is 71.4 Å². The van der Waals surface area contributed by atoms with Crippen molar-refractivity contribution in [2.24, 2.45) is 5.92 Å². The minimum Gasteiger partial charge on any atom is -0.489 e. The lowest BCUT2D eigenvalue weighted by Gasteiger charge is -2.30. The number of hydrogen-bond acceptors (Lipinski definition) is 7. The van der Waals surface area contributed by atoms with E-state index in [2.05, 4.69) is 5.32 Å². The maximum absolute atomic E-state index is 12.5. The molecule has 1 aliphatic heterocycles. The molecule has 0 aliphatic carbocycles. The molecule has 8 heteroatoms. The van der Waals surface area contributed by atoms with Crippen LogP contribution >= 0.6 is 0 Å². The Balaban J connectivity index is 1.98. The minimum atomic E-state index is -1.48. The van der Waals surface area contributed by atoms with Crippen LogP contribution in [0, 0.1) is 12.8 Å². The van der Waals surface area contributed by atoms with E-state index in [4.69, 9.17) is 18.9 Å². The second kappa shape index (κ2) is 11.5. The number of hydrogen-bond donors (Lipinski definition) is 2. The molecule has 0 bridgehead atoms. The number of dihydropyridines is 1. The maximum Gasteiger partial charge on any atom is 0.513 e. The van der Waals surface area contributed by atoms with Gasteiger partial charge in [-0.2, -0.15) is 0 Å². The first-order valence-electron chi connectivity index (χ1n) is 11.4. The fourth-order valence-corrected chi connectivity index (χ4v) is 3.65. The lowest BCUT2D eigenvalue weighted by atomic mass is 9.90. The monoisotopic (exact) mass is 481 g/mol. The number of carboxylic acid groups (broad SMARTS) is 1. The first-order chi connectivity index (χ1) is 16.7. The lowest BCUT2D eigenvalue weighted by Crippen LogP contribution is -2.29. The molecule has 2 aromatic carbocycles. The number of ether oxygens (including phenoxy) is 4. The van der Waals surface area contributed by atoms with Gasteiger partial charge in [-0.15, -0.1) is 0 Å². The van der Waals surface area contributed by atoms with Crippen molar-refractivity contribution in [1.29, 1.82) is 0 Å². The highest BCUT2D eigenvalue weighted by molar-refractivity contribution is 5.64. The van der Waals surface area contributed by atoms with E-state index in [1.165, 1.54) is 0 Å². The molecule has 0 radical (unpaired) electrons. The van der Waals surface area contributed by atoms with Gasteiger partial charge in [-0.1, -0.05) is 61.9 Å². The molecule has 8 nitrogen and oxygen atoms in total. The predicted octanol–water partition coefficient (Wildman–Crippen LogP) is 6.23. The van der Waals surface area contributed by atoms with Gasteiger partial charge >= 0.3 is 12.3 Å². The largest absolute Gasteiger partial charge is 0.513 e. The molecule has 35 heavy (non-hydrogen) atoms. The van der Waals surface area contributed by atoms with Gasteiger partial charge in [0.05, 0.1) is 18.0 Å². The van der Waals surface area contributed by atoms with Crippen molar-refractivity contribution in [3.8, 4) is 5.75 Å². The van der Waals surface area contributed by atoms with Crippen molar-refractivity contribution in [3.05, 3.63) is 88.1 Å². The van der Waals surface area contributed by atoms with Crippen molar-refractivity contribution >= 4 is 12.3 Å². The Labute approximate surface area is 205 Å². The Morgan fingerprint density at radius 1 is 0.943 bits per heavy atom. The van der Waals surface area contributed by atoms with E-state index < -0.39 is 18.2 Å². The van der Waals surface area contributed by atoms with E-state index in [-0.39, 0.29) is 24.0 Å². The number of rotatable bonds is 8. The van der Waals surface area contributed by atoms with E-state index in [1.807, 2.05) is 51.1 Å². The highest BCUT2D eigenvalue weighted by Crippen LogP contribution is 2.43. The Kier molecular flexibility index (Phi) is 8.41. The molecule has 2 aromatic rings. The van der Waals surface area contributed by atoms with E-state index in [0.717, 1.165) is 11.1 Å². The highest BCUT2D eigenvalue weighted by Gasteiger charge is 2.37. The summed E-state index contributed by atoms with van der Waals surface area (Å²) in [6.07, 6.45) is -2.36. The molecule has 1 heterocycles. The van der Waals surface area contributed by atoms with E-state index >= 15 is 0 Å². The smallest absolute Gasteiger partial charge is 0.489 e. The zero-order chi connectivity index (χ0) is 25.5. The summed E-state index contributed by atoms with van der Waals surface area (Å²) < 4.78 is 22.1. The highest BCUT2D eigenvalue weighted by atomic mass is 16.7. The summed E-state index contributed by atoms with van der Waals surface area (Å²) in [5.74, 6) is 0.0341. The van der Waals surface area contributed by atoms with Crippen molar-refractivity contribution in [2.45, 2.75) is 47.1 Å². The van der Waals surface area contributed by atoms with Gasteiger partial charge in [-0.3, -0.25) is 0 Å². The Bertz CT molecular complexity index is 1130. The first kappa shape index (κ1) is 25.7. The van der Waals surface area contributed by atoms with Crippen molar-refractivity contribution in [1.82, 2.24) is 5.32 Å². The van der Waals surface area contributed by atoms with Gasteiger partial charge in [0.25, 0.3) is 0 Å². The van der Waals surface area contributed by atoms with E-state index in [9.17, 15) is 14.7 Å². The molecule has 0 aromatic heterocycles. The SMILES string of the molecule is CC1=C(OC(=O)O)C(c2ccccc2OCc2ccc(C)cc2)C(OC(=O)OCC(C)C)=C(C)N1. The molecule has 2 N–H and O–H groups in total. The molecular formula is C27H31NO7. The van der Waals surface area contributed by atoms with Crippen LogP contribution in [0.25, 0.3) is 0 Å². The number of carbonyl (C=O) groups is 2. The number of aryl methyl sites for hydroxylation is 1. The Hall–Kier alpha value is -3.94. The van der Waals surface area contributed by atoms with Gasteiger partial charge in [0.1, 0.15) is 29.8 Å². The summed E-state index contributed by atoms with van der Waals surface area (Å²) in [4.78, 5) is 24.0. The molecule has 3 rings (SSSR count). The average Bonchev–Trinajstić information content (AvgIpc) is 2.80. The second-order valence-corrected chi connectivity index (χ2v) is 8.77. The minimum absolute atomic E-state index is 0.0844. The molecule has 0 saturated carbocycles. The molecule has 0 amide bonds. The second-order valence-electron chi connectivity index (χ2n) is 8.77. The summed E-state index contributed by atoms with van der Waals surface area (Å²) >= 11 is 0. The fourth-order valence-electron chi connectivity index (χ4n) is 3.65.